The van der Waals surface area contributed by atoms with Gasteiger partial charge < -0.3 is 10.5 Å². The second-order valence-electron chi connectivity index (χ2n) is 3.43. The molecule has 0 amide bonds. The minimum absolute atomic E-state index is 0.282. The molecule has 1 aromatic rings. The van der Waals surface area contributed by atoms with Crippen LogP contribution in [0.4, 0.5) is 0 Å². The summed E-state index contributed by atoms with van der Waals surface area (Å²) in [7, 11) is 0. The molecule has 0 aromatic carbocycles. The monoisotopic (exact) mass is 213 g/mol. The van der Waals surface area contributed by atoms with Crippen LogP contribution in [-0.4, -0.2) is 19.3 Å². The first kappa shape index (κ1) is 11.7. The van der Waals surface area contributed by atoms with E-state index in [4.69, 9.17) is 10.5 Å². The van der Waals surface area contributed by atoms with Crippen molar-refractivity contribution in [3.05, 3.63) is 22.4 Å². The van der Waals surface area contributed by atoms with Gasteiger partial charge in [0, 0.05) is 19.3 Å². The zero-order valence-electron chi connectivity index (χ0n) is 8.74. The van der Waals surface area contributed by atoms with Gasteiger partial charge >= 0.3 is 0 Å². The molecule has 1 rings (SSSR count). The lowest BCUT2D eigenvalue weighted by atomic mass is 10.1. The number of rotatable bonds is 7. The van der Waals surface area contributed by atoms with Gasteiger partial charge in [-0.05, 0) is 48.6 Å². The van der Waals surface area contributed by atoms with Crippen LogP contribution in [0.2, 0.25) is 0 Å². The van der Waals surface area contributed by atoms with Gasteiger partial charge in [-0.3, -0.25) is 0 Å². The molecule has 0 fully saturated rings. The van der Waals surface area contributed by atoms with E-state index in [2.05, 4.69) is 16.8 Å². The largest absolute Gasteiger partial charge is 0.382 e. The Morgan fingerprint density at radius 2 is 2.43 bits per heavy atom. The minimum atomic E-state index is 0.282. The van der Waals surface area contributed by atoms with E-state index in [-0.39, 0.29) is 6.04 Å². The summed E-state index contributed by atoms with van der Waals surface area (Å²) in [5, 5.41) is 4.27. The average molecular weight is 213 g/mol. The minimum Gasteiger partial charge on any atom is -0.382 e. The van der Waals surface area contributed by atoms with Crippen molar-refractivity contribution in [3.8, 4) is 0 Å². The van der Waals surface area contributed by atoms with E-state index in [1.165, 1.54) is 5.56 Å². The van der Waals surface area contributed by atoms with E-state index in [0.717, 1.165) is 32.5 Å². The second-order valence-corrected chi connectivity index (χ2v) is 4.21. The number of ether oxygens (including phenoxy) is 1. The van der Waals surface area contributed by atoms with Crippen molar-refractivity contribution in [3.63, 3.8) is 0 Å². The summed E-state index contributed by atoms with van der Waals surface area (Å²) in [5.74, 6) is 0. The Kier molecular flexibility index (Phi) is 5.83. The zero-order chi connectivity index (χ0) is 10.2. The second kappa shape index (κ2) is 6.98. The standard InChI is InChI=1S/C11H19NOS/c1-2-13-6-3-4-11(12)8-10-5-7-14-9-10/h5,7,9,11H,2-4,6,8,12H2,1H3. The molecule has 0 aliphatic heterocycles. The third-order valence-corrected chi connectivity index (χ3v) is 2.88. The fourth-order valence-electron chi connectivity index (χ4n) is 1.41. The average Bonchev–Trinajstić information content (AvgIpc) is 2.65. The lowest BCUT2D eigenvalue weighted by Gasteiger charge is -2.09. The maximum atomic E-state index is 6.00. The fourth-order valence-corrected chi connectivity index (χ4v) is 2.09. The summed E-state index contributed by atoms with van der Waals surface area (Å²) in [6.45, 7) is 3.67. The van der Waals surface area contributed by atoms with Crippen LogP contribution in [-0.2, 0) is 11.2 Å². The van der Waals surface area contributed by atoms with Crippen molar-refractivity contribution in [2.24, 2.45) is 5.73 Å². The third-order valence-electron chi connectivity index (χ3n) is 2.15. The van der Waals surface area contributed by atoms with E-state index < -0.39 is 0 Å². The predicted octanol–water partition coefficient (Wildman–Crippen LogP) is 2.43. The van der Waals surface area contributed by atoms with Gasteiger partial charge in [0.1, 0.15) is 0 Å². The van der Waals surface area contributed by atoms with E-state index in [9.17, 15) is 0 Å². The molecule has 1 heterocycles. The van der Waals surface area contributed by atoms with Gasteiger partial charge in [-0.15, -0.1) is 0 Å². The Hall–Kier alpha value is -0.380. The summed E-state index contributed by atoms with van der Waals surface area (Å²) >= 11 is 1.73. The van der Waals surface area contributed by atoms with Crippen molar-refractivity contribution < 1.29 is 4.74 Å². The smallest absolute Gasteiger partial charge is 0.0466 e. The molecule has 80 valence electrons. The summed E-state index contributed by atoms with van der Waals surface area (Å²) in [5.41, 5.74) is 7.36. The molecule has 3 heteroatoms. The molecular formula is C11H19NOS. The number of hydrogen-bond donors (Lipinski definition) is 1. The van der Waals surface area contributed by atoms with Gasteiger partial charge in [0.15, 0.2) is 0 Å². The Labute approximate surface area is 90.1 Å². The molecule has 14 heavy (non-hydrogen) atoms. The lowest BCUT2D eigenvalue weighted by molar-refractivity contribution is 0.142. The predicted molar refractivity (Wildman–Crippen MR) is 61.7 cm³/mol. The van der Waals surface area contributed by atoms with Crippen LogP contribution >= 0.6 is 11.3 Å². The quantitative estimate of drug-likeness (QED) is 0.706. The topological polar surface area (TPSA) is 35.2 Å². The fraction of sp³-hybridized carbons (Fsp3) is 0.636. The third kappa shape index (κ3) is 4.74. The van der Waals surface area contributed by atoms with Crippen molar-refractivity contribution in [2.45, 2.75) is 32.2 Å². The summed E-state index contributed by atoms with van der Waals surface area (Å²) in [6.07, 6.45) is 3.12. The first-order valence-electron chi connectivity index (χ1n) is 5.17. The highest BCUT2D eigenvalue weighted by Crippen LogP contribution is 2.10. The van der Waals surface area contributed by atoms with Gasteiger partial charge in [-0.25, -0.2) is 0 Å². The SMILES string of the molecule is CCOCCCC(N)Cc1ccsc1. The highest BCUT2D eigenvalue weighted by molar-refractivity contribution is 7.07. The van der Waals surface area contributed by atoms with Gasteiger partial charge in [-0.2, -0.15) is 11.3 Å². The Morgan fingerprint density at radius 3 is 3.07 bits per heavy atom. The Bertz CT molecular complexity index is 223. The Balaban J connectivity index is 2.07. The molecule has 0 aliphatic rings. The van der Waals surface area contributed by atoms with E-state index in [1.54, 1.807) is 11.3 Å². The summed E-state index contributed by atoms with van der Waals surface area (Å²) in [6, 6.07) is 2.43. The first-order chi connectivity index (χ1) is 6.83. The van der Waals surface area contributed by atoms with Crippen LogP contribution in [0.5, 0.6) is 0 Å². The van der Waals surface area contributed by atoms with Gasteiger partial charge in [0.25, 0.3) is 0 Å². The van der Waals surface area contributed by atoms with Crippen LogP contribution in [0.1, 0.15) is 25.3 Å². The molecule has 1 atom stereocenters. The van der Waals surface area contributed by atoms with Gasteiger partial charge in [0.05, 0.1) is 0 Å². The first-order valence-corrected chi connectivity index (χ1v) is 6.11. The van der Waals surface area contributed by atoms with Crippen molar-refractivity contribution >= 4 is 11.3 Å². The maximum absolute atomic E-state index is 6.00. The van der Waals surface area contributed by atoms with E-state index in [0.29, 0.717) is 0 Å². The molecule has 0 aliphatic carbocycles. The molecule has 1 unspecified atom stereocenters. The summed E-state index contributed by atoms with van der Waals surface area (Å²) in [4.78, 5) is 0. The molecule has 0 saturated heterocycles. The molecule has 0 saturated carbocycles. The van der Waals surface area contributed by atoms with Crippen molar-refractivity contribution in [1.29, 1.82) is 0 Å². The molecule has 1 aromatic heterocycles. The molecular weight excluding hydrogens is 194 g/mol. The van der Waals surface area contributed by atoms with Crippen molar-refractivity contribution in [1.82, 2.24) is 0 Å². The van der Waals surface area contributed by atoms with E-state index >= 15 is 0 Å². The maximum Gasteiger partial charge on any atom is 0.0466 e. The summed E-state index contributed by atoms with van der Waals surface area (Å²) < 4.78 is 5.27. The van der Waals surface area contributed by atoms with Crippen LogP contribution in [0, 0.1) is 0 Å². The lowest BCUT2D eigenvalue weighted by Crippen LogP contribution is -2.22. The molecule has 2 nitrogen and oxygen atoms in total. The zero-order valence-corrected chi connectivity index (χ0v) is 9.56. The Morgan fingerprint density at radius 1 is 1.57 bits per heavy atom. The van der Waals surface area contributed by atoms with Gasteiger partial charge in [-0.1, -0.05) is 0 Å². The number of hydrogen-bond acceptors (Lipinski definition) is 3. The van der Waals surface area contributed by atoms with Crippen LogP contribution in [0.15, 0.2) is 16.8 Å². The van der Waals surface area contributed by atoms with Crippen molar-refractivity contribution in [2.75, 3.05) is 13.2 Å². The molecule has 0 radical (unpaired) electrons. The van der Waals surface area contributed by atoms with E-state index in [1.807, 2.05) is 6.92 Å². The molecule has 0 bridgehead atoms. The molecule has 0 spiro atoms. The normalized spacial score (nSPS) is 13.0. The molecule has 2 N–H and O–H groups in total. The van der Waals surface area contributed by atoms with Crippen LogP contribution < -0.4 is 5.73 Å². The highest BCUT2D eigenvalue weighted by Gasteiger charge is 2.03. The number of thiophene rings is 1. The van der Waals surface area contributed by atoms with Crippen LogP contribution in [0.25, 0.3) is 0 Å². The van der Waals surface area contributed by atoms with Gasteiger partial charge in [0.2, 0.25) is 0 Å². The highest BCUT2D eigenvalue weighted by atomic mass is 32.1. The van der Waals surface area contributed by atoms with Crippen LogP contribution in [0.3, 0.4) is 0 Å². The number of nitrogens with two attached hydrogens (primary N) is 1.